The van der Waals surface area contributed by atoms with E-state index in [0.29, 0.717) is 16.8 Å². The smallest absolute Gasteiger partial charge is 0.252 e. The Hall–Kier alpha value is -0.730. The Morgan fingerprint density at radius 3 is 2.76 bits per heavy atom. The van der Waals surface area contributed by atoms with Crippen molar-refractivity contribution in [2.75, 3.05) is 7.05 Å². The van der Waals surface area contributed by atoms with Gasteiger partial charge in [-0.05, 0) is 36.4 Å². The zero-order chi connectivity index (χ0) is 14.9. The van der Waals surface area contributed by atoms with Gasteiger partial charge in [-0.1, -0.05) is 6.07 Å². The summed E-state index contributed by atoms with van der Waals surface area (Å²) in [5.74, 6) is 0. The third kappa shape index (κ3) is 3.73. The summed E-state index contributed by atoms with van der Waals surface area (Å²) in [5, 5.41) is 5.37. The first-order valence-corrected chi connectivity index (χ1v) is 10.00. The highest BCUT2D eigenvalue weighted by atomic mass is 32.2. The molecule has 2 aromatic heterocycles. The lowest BCUT2D eigenvalue weighted by molar-refractivity contribution is 0.471. The van der Waals surface area contributed by atoms with Crippen molar-refractivity contribution in [2.24, 2.45) is 0 Å². The molecule has 0 radical (unpaired) electrons. The molecule has 0 bridgehead atoms. The number of nitrogens with zero attached hydrogens (tertiary/aromatic N) is 1. The van der Waals surface area contributed by atoms with Crippen LogP contribution in [0, 0.1) is 0 Å². The van der Waals surface area contributed by atoms with E-state index in [4.69, 9.17) is 0 Å². The lowest BCUT2D eigenvalue weighted by Gasteiger charge is -2.14. The molecule has 1 N–H and O–H groups in total. The largest absolute Gasteiger partial charge is 0.309 e. The van der Waals surface area contributed by atoms with Crippen molar-refractivity contribution in [1.29, 1.82) is 0 Å². The normalized spacial score (nSPS) is 15.7. The molecule has 0 spiro atoms. The molecule has 1 saturated carbocycles. The Morgan fingerprint density at radius 1 is 1.29 bits per heavy atom. The van der Waals surface area contributed by atoms with E-state index in [9.17, 15) is 8.42 Å². The second-order valence-electron chi connectivity index (χ2n) is 5.22. The Balaban J connectivity index is 1.68. The highest BCUT2D eigenvalue weighted by Crippen LogP contribution is 2.27. The van der Waals surface area contributed by atoms with Crippen molar-refractivity contribution in [3.8, 4) is 0 Å². The SMILES string of the molecule is CN(Cc1cccs1)S(=O)(=O)c1ccc(CNC2CC2)s1. The lowest BCUT2D eigenvalue weighted by Crippen LogP contribution is -2.25. The molecule has 3 rings (SSSR count). The average molecular weight is 343 g/mol. The molecule has 2 heterocycles. The highest BCUT2D eigenvalue weighted by molar-refractivity contribution is 7.91. The zero-order valence-corrected chi connectivity index (χ0v) is 14.2. The molecule has 4 nitrogen and oxygen atoms in total. The molecule has 0 amide bonds. The van der Waals surface area contributed by atoms with Gasteiger partial charge < -0.3 is 5.32 Å². The second kappa shape index (κ2) is 6.18. The molecule has 0 aliphatic heterocycles. The van der Waals surface area contributed by atoms with Crippen LogP contribution >= 0.6 is 22.7 Å². The summed E-state index contributed by atoms with van der Waals surface area (Å²) in [6.07, 6.45) is 2.47. The minimum absolute atomic E-state index is 0.424. The second-order valence-corrected chi connectivity index (χ2v) is 9.69. The fraction of sp³-hybridized carbons (Fsp3) is 0.429. The molecule has 1 fully saturated rings. The van der Waals surface area contributed by atoms with Crippen molar-refractivity contribution >= 4 is 32.7 Å². The van der Waals surface area contributed by atoms with Crippen LogP contribution in [0.2, 0.25) is 0 Å². The van der Waals surface area contributed by atoms with Gasteiger partial charge in [-0.2, -0.15) is 4.31 Å². The molecule has 114 valence electrons. The Morgan fingerprint density at radius 2 is 2.10 bits per heavy atom. The van der Waals surface area contributed by atoms with Gasteiger partial charge in [-0.3, -0.25) is 0 Å². The number of hydrogen-bond acceptors (Lipinski definition) is 5. The van der Waals surface area contributed by atoms with Gasteiger partial charge in [0.2, 0.25) is 0 Å². The molecular weight excluding hydrogens is 324 g/mol. The van der Waals surface area contributed by atoms with E-state index in [0.717, 1.165) is 16.3 Å². The first-order valence-electron chi connectivity index (χ1n) is 6.86. The first kappa shape index (κ1) is 15.2. The van der Waals surface area contributed by atoms with Crippen LogP contribution in [-0.2, 0) is 23.1 Å². The van der Waals surface area contributed by atoms with Crippen LogP contribution in [0.5, 0.6) is 0 Å². The van der Waals surface area contributed by atoms with E-state index in [1.165, 1.54) is 28.5 Å². The summed E-state index contributed by atoms with van der Waals surface area (Å²) in [7, 11) is -1.75. The van der Waals surface area contributed by atoms with E-state index in [1.807, 2.05) is 23.6 Å². The molecule has 0 unspecified atom stereocenters. The van der Waals surface area contributed by atoms with Gasteiger partial charge >= 0.3 is 0 Å². The van der Waals surface area contributed by atoms with Crippen LogP contribution in [0.15, 0.2) is 33.9 Å². The summed E-state index contributed by atoms with van der Waals surface area (Å²) in [6.45, 7) is 1.19. The van der Waals surface area contributed by atoms with E-state index in [-0.39, 0.29) is 0 Å². The molecule has 1 aliphatic carbocycles. The zero-order valence-electron chi connectivity index (χ0n) is 11.8. The molecule has 7 heteroatoms. The number of sulfonamides is 1. The van der Waals surface area contributed by atoms with Crippen LogP contribution < -0.4 is 5.32 Å². The molecule has 2 aromatic rings. The van der Waals surface area contributed by atoms with Crippen LogP contribution in [0.3, 0.4) is 0 Å². The Labute approximate surface area is 133 Å². The third-order valence-electron chi connectivity index (χ3n) is 3.40. The summed E-state index contributed by atoms with van der Waals surface area (Å²) >= 11 is 2.94. The van der Waals surface area contributed by atoms with E-state index >= 15 is 0 Å². The Bertz CT molecular complexity index is 688. The maximum Gasteiger partial charge on any atom is 0.252 e. The molecule has 0 saturated heterocycles. The van der Waals surface area contributed by atoms with Crippen LogP contribution in [0.4, 0.5) is 0 Å². The molecule has 1 aliphatic rings. The minimum Gasteiger partial charge on any atom is -0.309 e. The van der Waals surface area contributed by atoms with Crippen molar-refractivity contribution in [3.05, 3.63) is 39.4 Å². The summed E-state index contributed by atoms with van der Waals surface area (Å²) in [6, 6.07) is 8.15. The molecule has 0 aromatic carbocycles. The Kier molecular flexibility index (Phi) is 4.46. The van der Waals surface area contributed by atoms with E-state index in [1.54, 1.807) is 24.5 Å². The maximum absolute atomic E-state index is 12.5. The monoisotopic (exact) mass is 342 g/mol. The van der Waals surface area contributed by atoms with Crippen LogP contribution in [-0.4, -0.2) is 25.8 Å². The highest BCUT2D eigenvalue weighted by Gasteiger charge is 2.24. The van der Waals surface area contributed by atoms with Crippen LogP contribution in [0.1, 0.15) is 22.6 Å². The van der Waals surface area contributed by atoms with Gasteiger partial charge in [0.25, 0.3) is 10.0 Å². The number of hydrogen-bond donors (Lipinski definition) is 1. The van der Waals surface area contributed by atoms with Gasteiger partial charge in [0.05, 0.1) is 0 Å². The van der Waals surface area contributed by atoms with E-state index in [2.05, 4.69) is 5.32 Å². The van der Waals surface area contributed by atoms with Gasteiger partial charge in [-0.15, -0.1) is 22.7 Å². The first-order chi connectivity index (χ1) is 10.1. The van der Waals surface area contributed by atoms with Crippen molar-refractivity contribution in [3.63, 3.8) is 0 Å². The fourth-order valence-electron chi connectivity index (χ4n) is 1.98. The quantitative estimate of drug-likeness (QED) is 0.842. The molecular formula is C14H18N2O2S3. The maximum atomic E-state index is 12.5. The van der Waals surface area contributed by atoms with Crippen LogP contribution in [0.25, 0.3) is 0 Å². The standard InChI is InChI=1S/C14H18N2O2S3/c1-16(10-13-3-2-8-19-13)21(17,18)14-7-6-12(20-14)9-15-11-4-5-11/h2-3,6-8,11,15H,4-5,9-10H2,1H3. The minimum atomic E-state index is -3.39. The molecule has 21 heavy (non-hydrogen) atoms. The number of rotatable bonds is 7. The summed E-state index contributed by atoms with van der Waals surface area (Å²) in [5.41, 5.74) is 0. The lowest BCUT2D eigenvalue weighted by atomic mass is 10.4. The van der Waals surface area contributed by atoms with Crippen molar-refractivity contribution in [2.45, 2.75) is 36.2 Å². The van der Waals surface area contributed by atoms with E-state index < -0.39 is 10.0 Å². The van der Waals surface area contributed by atoms with Gasteiger partial charge in [-0.25, -0.2) is 8.42 Å². The molecule has 0 atom stereocenters. The van der Waals surface area contributed by atoms with Gasteiger partial charge in [0, 0.05) is 35.9 Å². The number of nitrogens with one attached hydrogen (secondary N) is 1. The van der Waals surface area contributed by atoms with Crippen molar-refractivity contribution in [1.82, 2.24) is 9.62 Å². The number of thiophene rings is 2. The topological polar surface area (TPSA) is 49.4 Å². The van der Waals surface area contributed by atoms with Gasteiger partial charge in [0.1, 0.15) is 4.21 Å². The van der Waals surface area contributed by atoms with Gasteiger partial charge in [0.15, 0.2) is 0 Å². The predicted molar refractivity (Wildman–Crippen MR) is 87.2 cm³/mol. The summed E-state index contributed by atoms with van der Waals surface area (Å²) < 4.78 is 26.9. The average Bonchev–Trinajstić information content (AvgIpc) is 2.93. The summed E-state index contributed by atoms with van der Waals surface area (Å²) in [4.78, 5) is 2.12. The fourth-order valence-corrected chi connectivity index (χ4v) is 5.49. The third-order valence-corrected chi connectivity index (χ3v) is 7.62. The van der Waals surface area contributed by atoms with Crippen molar-refractivity contribution < 1.29 is 8.42 Å². The predicted octanol–water partition coefficient (Wildman–Crippen LogP) is 2.88.